The first-order chi connectivity index (χ1) is 14.0. The Kier molecular flexibility index (Phi) is 5.94. The molecule has 0 bridgehead atoms. The molecule has 3 aromatic rings. The van der Waals surface area contributed by atoms with E-state index in [1.807, 2.05) is 13.8 Å². The molecule has 2 aromatic heterocycles. The van der Waals surface area contributed by atoms with Crippen molar-refractivity contribution in [3.8, 4) is 5.88 Å². The number of carbonyl (C=O) groups excluding carboxylic acids is 1. The SMILES string of the molecule is COc1nn(C)c2nc(C)c(CCC(=O)Nc3ccc(Cl)c(C(F)(F)F)c3)c(C)c12. The lowest BCUT2D eigenvalue weighted by Crippen LogP contribution is -2.14. The molecular weight excluding hydrogens is 421 g/mol. The van der Waals surface area contributed by atoms with Crippen molar-refractivity contribution >= 4 is 34.2 Å². The number of anilines is 1. The second-order valence-corrected chi connectivity index (χ2v) is 7.28. The highest BCUT2D eigenvalue weighted by Gasteiger charge is 2.33. The molecule has 0 aliphatic carbocycles. The predicted molar refractivity (Wildman–Crippen MR) is 108 cm³/mol. The van der Waals surface area contributed by atoms with Gasteiger partial charge in [0.1, 0.15) is 0 Å². The number of aromatic nitrogens is 3. The molecule has 2 heterocycles. The zero-order valence-electron chi connectivity index (χ0n) is 16.8. The smallest absolute Gasteiger partial charge is 0.417 e. The summed E-state index contributed by atoms with van der Waals surface area (Å²) in [5, 5.41) is 7.13. The van der Waals surface area contributed by atoms with Crippen LogP contribution in [0.4, 0.5) is 18.9 Å². The van der Waals surface area contributed by atoms with Crippen molar-refractivity contribution < 1.29 is 22.7 Å². The van der Waals surface area contributed by atoms with Gasteiger partial charge in [-0.25, -0.2) is 9.67 Å². The van der Waals surface area contributed by atoms with Gasteiger partial charge in [-0.05, 0) is 49.6 Å². The number of methoxy groups -OCH3 is 1. The number of rotatable bonds is 5. The van der Waals surface area contributed by atoms with Crippen LogP contribution in [0, 0.1) is 13.8 Å². The predicted octanol–water partition coefficient (Wildman–Crippen LogP) is 4.84. The van der Waals surface area contributed by atoms with Crippen LogP contribution >= 0.6 is 11.6 Å². The van der Waals surface area contributed by atoms with Crippen molar-refractivity contribution in [2.24, 2.45) is 7.05 Å². The summed E-state index contributed by atoms with van der Waals surface area (Å²) in [7, 11) is 3.29. The Morgan fingerprint density at radius 3 is 2.63 bits per heavy atom. The molecule has 10 heteroatoms. The lowest BCUT2D eigenvalue weighted by Gasteiger charge is -2.13. The van der Waals surface area contributed by atoms with Gasteiger partial charge < -0.3 is 10.1 Å². The Hall–Kier alpha value is -2.81. The van der Waals surface area contributed by atoms with Gasteiger partial charge in [0, 0.05) is 24.8 Å². The van der Waals surface area contributed by atoms with E-state index in [4.69, 9.17) is 16.3 Å². The second kappa shape index (κ2) is 8.14. The van der Waals surface area contributed by atoms with E-state index in [0.29, 0.717) is 17.9 Å². The molecule has 0 aliphatic heterocycles. The Morgan fingerprint density at radius 2 is 2.00 bits per heavy atom. The Morgan fingerprint density at radius 1 is 1.30 bits per heavy atom. The van der Waals surface area contributed by atoms with Crippen LogP contribution in [0.2, 0.25) is 5.02 Å². The van der Waals surface area contributed by atoms with Gasteiger partial charge in [0.25, 0.3) is 0 Å². The van der Waals surface area contributed by atoms with Crippen LogP contribution in [0.1, 0.15) is 28.8 Å². The molecule has 160 valence electrons. The van der Waals surface area contributed by atoms with E-state index >= 15 is 0 Å². The van der Waals surface area contributed by atoms with Crippen LogP contribution < -0.4 is 10.1 Å². The van der Waals surface area contributed by atoms with Crippen molar-refractivity contribution in [2.45, 2.75) is 32.9 Å². The number of ether oxygens (including phenoxy) is 1. The van der Waals surface area contributed by atoms with Crippen LogP contribution in [0.5, 0.6) is 5.88 Å². The first-order valence-corrected chi connectivity index (χ1v) is 9.44. The number of aryl methyl sites for hydroxylation is 3. The van der Waals surface area contributed by atoms with E-state index in [9.17, 15) is 18.0 Å². The van der Waals surface area contributed by atoms with Gasteiger partial charge in [0.15, 0.2) is 5.65 Å². The molecule has 1 amide bonds. The van der Waals surface area contributed by atoms with Gasteiger partial charge in [-0.15, -0.1) is 5.10 Å². The Balaban J connectivity index is 1.79. The van der Waals surface area contributed by atoms with E-state index < -0.39 is 22.7 Å². The van der Waals surface area contributed by atoms with Crippen molar-refractivity contribution in [1.29, 1.82) is 0 Å². The summed E-state index contributed by atoms with van der Waals surface area (Å²) in [5.41, 5.74) is 2.25. The minimum atomic E-state index is -4.60. The van der Waals surface area contributed by atoms with Gasteiger partial charge in [-0.1, -0.05) is 11.6 Å². The van der Waals surface area contributed by atoms with Gasteiger partial charge in [0.2, 0.25) is 11.8 Å². The Labute approximate surface area is 176 Å². The number of nitrogens with zero attached hydrogens (tertiary/aromatic N) is 3. The molecular formula is C20H20ClF3N4O2. The third kappa shape index (κ3) is 4.21. The normalized spacial score (nSPS) is 11.7. The lowest BCUT2D eigenvalue weighted by molar-refractivity contribution is -0.137. The maximum Gasteiger partial charge on any atom is 0.417 e. The van der Waals surface area contributed by atoms with Crippen molar-refractivity contribution in [1.82, 2.24) is 14.8 Å². The van der Waals surface area contributed by atoms with Gasteiger partial charge in [0.05, 0.1) is 23.1 Å². The highest BCUT2D eigenvalue weighted by Crippen LogP contribution is 2.36. The number of fused-ring (bicyclic) bond motifs is 1. The minimum absolute atomic E-state index is 0.0349. The average Bonchev–Trinajstić information content (AvgIpc) is 2.98. The van der Waals surface area contributed by atoms with Gasteiger partial charge in [-0.3, -0.25) is 4.79 Å². The van der Waals surface area contributed by atoms with Gasteiger partial charge in [-0.2, -0.15) is 13.2 Å². The van der Waals surface area contributed by atoms with Crippen molar-refractivity contribution in [2.75, 3.05) is 12.4 Å². The second-order valence-electron chi connectivity index (χ2n) is 6.87. The molecule has 0 spiro atoms. The summed E-state index contributed by atoms with van der Waals surface area (Å²) >= 11 is 5.61. The fraction of sp³-hybridized carbons (Fsp3) is 0.350. The lowest BCUT2D eigenvalue weighted by atomic mass is 10.00. The van der Waals surface area contributed by atoms with Crippen LogP contribution in [0.3, 0.4) is 0 Å². The number of halogens is 4. The molecule has 0 saturated heterocycles. The molecule has 0 radical (unpaired) electrons. The van der Waals surface area contributed by atoms with E-state index in [2.05, 4.69) is 15.4 Å². The summed E-state index contributed by atoms with van der Waals surface area (Å²) in [6, 6.07) is 3.27. The van der Waals surface area contributed by atoms with E-state index in [0.717, 1.165) is 34.3 Å². The molecule has 0 unspecified atom stereocenters. The fourth-order valence-electron chi connectivity index (χ4n) is 3.39. The van der Waals surface area contributed by atoms with Crippen LogP contribution in [0.15, 0.2) is 18.2 Å². The molecule has 0 aliphatic rings. The van der Waals surface area contributed by atoms with Crippen LogP contribution in [-0.4, -0.2) is 27.8 Å². The van der Waals surface area contributed by atoms with E-state index in [-0.39, 0.29) is 12.1 Å². The topological polar surface area (TPSA) is 69.0 Å². The van der Waals surface area contributed by atoms with Crippen LogP contribution in [-0.2, 0) is 24.4 Å². The summed E-state index contributed by atoms with van der Waals surface area (Å²) in [5.74, 6) is 0.0338. The zero-order valence-corrected chi connectivity index (χ0v) is 17.6. The minimum Gasteiger partial charge on any atom is -0.479 e. The summed E-state index contributed by atoms with van der Waals surface area (Å²) < 4.78 is 45.9. The molecule has 30 heavy (non-hydrogen) atoms. The standard InChI is InChI=1S/C20H20ClF3N4O2/c1-10-13(11(2)25-18-17(10)19(30-4)27-28(18)3)6-8-16(29)26-12-5-7-15(21)14(9-12)20(22,23)24/h5,7,9H,6,8H2,1-4H3,(H,26,29). The number of carbonyl (C=O) groups is 1. The third-order valence-electron chi connectivity index (χ3n) is 4.87. The molecule has 1 N–H and O–H groups in total. The number of nitrogens with one attached hydrogen (secondary N) is 1. The number of amides is 1. The third-order valence-corrected chi connectivity index (χ3v) is 5.20. The van der Waals surface area contributed by atoms with Crippen molar-refractivity contribution in [3.05, 3.63) is 45.6 Å². The highest BCUT2D eigenvalue weighted by atomic mass is 35.5. The van der Waals surface area contributed by atoms with Crippen LogP contribution in [0.25, 0.3) is 11.0 Å². The summed E-state index contributed by atoms with van der Waals surface area (Å²) in [6.07, 6.45) is -4.17. The van der Waals surface area contributed by atoms with Crippen molar-refractivity contribution in [3.63, 3.8) is 0 Å². The zero-order chi connectivity index (χ0) is 22.2. The number of alkyl halides is 3. The number of hydrogen-bond acceptors (Lipinski definition) is 4. The monoisotopic (exact) mass is 440 g/mol. The first kappa shape index (κ1) is 21.9. The number of benzene rings is 1. The fourth-order valence-corrected chi connectivity index (χ4v) is 3.61. The average molecular weight is 441 g/mol. The molecule has 1 aromatic carbocycles. The number of pyridine rings is 1. The maximum atomic E-state index is 13.0. The Bertz CT molecular complexity index is 1130. The highest BCUT2D eigenvalue weighted by molar-refractivity contribution is 6.31. The molecule has 0 fully saturated rings. The quantitative estimate of drug-likeness (QED) is 0.616. The molecule has 0 atom stereocenters. The maximum absolute atomic E-state index is 13.0. The summed E-state index contributed by atoms with van der Waals surface area (Å²) in [6.45, 7) is 3.75. The molecule has 3 rings (SSSR count). The molecule has 6 nitrogen and oxygen atoms in total. The van der Waals surface area contributed by atoms with E-state index in [1.54, 1.807) is 11.7 Å². The van der Waals surface area contributed by atoms with Gasteiger partial charge >= 0.3 is 6.18 Å². The number of hydrogen-bond donors (Lipinski definition) is 1. The molecule has 0 saturated carbocycles. The largest absolute Gasteiger partial charge is 0.479 e. The summed E-state index contributed by atoms with van der Waals surface area (Å²) in [4.78, 5) is 16.9. The van der Waals surface area contributed by atoms with E-state index in [1.165, 1.54) is 13.2 Å². The first-order valence-electron chi connectivity index (χ1n) is 9.06.